The van der Waals surface area contributed by atoms with Crippen LogP contribution in [0, 0.1) is 11.3 Å². The second-order valence-electron chi connectivity index (χ2n) is 8.79. The van der Waals surface area contributed by atoms with Gasteiger partial charge in [0.05, 0.1) is 31.8 Å². The number of rotatable bonds is 10. The summed E-state index contributed by atoms with van der Waals surface area (Å²) in [6, 6.07) is 32.7. The molecule has 3 aromatic carbocycles. The number of hydrogen-bond donors (Lipinski definition) is 1. The molecule has 5 rings (SSSR count). The van der Waals surface area contributed by atoms with Crippen molar-refractivity contribution in [3.05, 3.63) is 120 Å². The van der Waals surface area contributed by atoms with Crippen LogP contribution in [0.3, 0.4) is 0 Å². The summed E-state index contributed by atoms with van der Waals surface area (Å²) in [4.78, 5) is 18.3. The van der Waals surface area contributed by atoms with E-state index in [-0.39, 0.29) is 6.61 Å². The van der Waals surface area contributed by atoms with Crippen LogP contribution in [0.5, 0.6) is 5.75 Å². The molecule has 0 radical (unpaired) electrons. The minimum absolute atomic E-state index is 0.296. The topological polar surface area (TPSA) is 102 Å². The molecule has 8 heteroatoms. The van der Waals surface area contributed by atoms with Crippen LogP contribution in [0.1, 0.15) is 16.9 Å². The Morgan fingerprint density at radius 2 is 1.68 bits per heavy atom. The highest BCUT2D eigenvalue weighted by Gasteiger charge is 2.27. The highest BCUT2D eigenvalue weighted by atomic mass is 16.6. The summed E-state index contributed by atoms with van der Waals surface area (Å²) in [6.45, 7) is -0.0460. The number of methoxy groups -OCH3 is 1. The maximum absolute atomic E-state index is 13.1. The molecule has 0 unspecified atom stereocenters. The normalized spacial score (nSPS) is 10.8. The van der Waals surface area contributed by atoms with Crippen LogP contribution in [0.4, 0.5) is 5.82 Å². The van der Waals surface area contributed by atoms with Crippen molar-refractivity contribution in [2.45, 2.75) is 6.54 Å². The molecular formula is C32H26N4O4. The fourth-order valence-electron chi connectivity index (χ4n) is 4.41. The maximum Gasteiger partial charge on any atom is 0.266 e. The first-order valence-corrected chi connectivity index (χ1v) is 12.6. The van der Waals surface area contributed by atoms with Crippen molar-refractivity contribution in [1.82, 2.24) is 4.57 Å². The Morgan fingerprint density at radius 3 is 2.30 bits per heavy atom. The zero-order valence-electron chi connectivity index (χ0n) is 21.8. The average Bonchev–Trinajstić information content (AvgIpc) is 3.63. The van der Waals surface area contributed by atoms with Gasteiger partial charge in [0.15, 0.2) is 6.61 Å². The predicted molar refractivity (Wildman–Crippen MR) is 153 cm³/mol. The molecule has 8 nitrogen and oxygen atoms in total. The van der Waals surface area contributed by atoms with Crippen molar-refractivity contribution >= 4 is 17.9 Å². The second-order valence-corrected chi connectivity index (χ2v) is 8.79. The minimum atomic E-state index is -0.458. The highest BCUT2D eigenvalue weighted by Crippen LogP contribution is 2.42. The van der Waals surface area contributed by atoms with Crippen molar-refractivity contribution in [3.63, 3.8) is 0 Å². The molecule has 198 valence electrons. The lowest BCUT2D eigenvalue weighted by Crippen LogP contribution is -2.20. The van der Waals surface area contributed by atoms with Crippen molar-refractivity contribution < 1.29 is 18.8 Å². The van der Waals surface area contributed by atoms with Crippen molar-refractivity contribution in [2.24, 2.45) is 5.16 Å². The molecule has 2 aromatic heterocycles. The molecule has 5 aromatic rings. The van der Waals surface area contributed by atoms with Crippen LogP contribution >= 0.6 is 0 Å². The van der Waals surface area contributed by atoms with E-state index in [1.165, 1.54) is 6.21 Å². The molecule has 0 aliphatic rings. The van der Waals surface area contributed by atoms with Gasteiger partial charge < -0.3 is 23.9 Å². The van der Waals surface area contributed by atoms with E-state index in [0.717, 1.165) is 33.7 Å². The van der Waals surface area contributed by atoms with E-state index in [0.29, 0.717) is 23.7 Å². The standard InChI is InChI=1S/C32H26N4O4/c1-38-26-16-14-23(15-17-26)20-34-40-22-29(37)35-32-28(19-33)30(24-9-4-2-5-10-24)31(25-11-6-3-7-12-25)36(32)21-27-13-8-18-39-27/h2-18,20H,21-22H2,1H3,(H,35,37)/b34-20+. The van der Waals surface area contributed by atoms with E-state index in [9.17, 15) is 10.1 Å². The van der Waals surface area contributed by atoms with Gasteiger partial charge in [-0.2, -0.15) is 5.26 Å². The van der Waals surface area contributed by atoms with Gasteiger partial charge in [0, 0.05) is 5.56 Å². The number of benzene rings is 3. The molecule has 1 amide bonds. The van der Waals surface area contributed by atoms with Gasteiger partial charge in [0.1, 0.15) is 29.0 Å². The summed E-state index contributed by atoms with van der Waals surface area (Å²) in [5.74, 6) is 1.30. The summed E-state index contributed by atoms with van der Waals surface area (Å²) < 4.78 is 12.7. The van der Waals surface area contributed by atoms with Gasteiger partial charge >= 0.3 is 0 Å². The minimum Gasteiger partial charge on any atom is -0.497 e. The first kappa shape index (κ1) is 26.1. The Hall–Kier alpha value is -5.55. The van der Waals surface area contributed by atoms with Gasteiger partial charge in [0.2, 0.25) is 0 Å². The van der Waals surface area contributed by atoms with Gasteiger partial charge in [-0.25, -0.2) is 0 Å². The maximum atomic E-state index is 13.1. The van der Waals surface area contributed by atoms with E-state index in [1.807, 2.05) is 83.4 Å². The molecule has 0 aliphatic carbocycles. The lowest BCUT2D eigenvalue weighted by molar-refractivity contribution is -0.120. The first-order valence-electron chi connectivity index (χ1n) is 12.6. The Balaban J connectivity index is 1.49. The molecule has 0 atom stereocenters. The Kier molecular flexibility index (Phi) is 8.04. The van der Waals surface area contributed by atoms with Crippen LogP contribution < -0.4 is 10.1 Å². The summed E-state index contributed by atoms with van der Waals surface area (Å²) >= 11 is 0. The quantitative estimate of drug-likeness (QED) is 0.168. The number of carbonyl (C=O) groups is 1. The van der Waals surface area contributed by atoms with E-state index >= 15 is 0 Å². The van der Waals surface area contributed by atoms with Gasteiger partial charge in [-0.15, -0.1) is 0 Å². The number of amides is 1. The zero-order chi connectivity index (χ0) is 27.7. The van der Waals surface area contributed by atoms with Crippen LogP contribution in [-0.2, 0) is 16.2 Å². The third-order valence-corrected chi connectivity index (χ3v) is 6.22. The summed E-state index contributed by atoms with van der Waals surface area (Å²) in [7, 11) is 1.60. The van der Waals surface area contributed by atoms with E-state index in [1.54, 1.807) is 31.6 Å². The van der Waals surface area contributed by atoms with Gasteiger partial charge in [0.25, 0.3) is 5.91 Å². The Labute approximate surface area is 231 Å². The lowest BCUT2D eigenvalue weighted by Gasteiger charge is -2.14. The van der Waals surface area contributed by atoms with Crippen molar-refractivity contribution in [3.8, 4) is 34.2 Å². The first-order chi connectivity index (χ1) is 19.7. The smallest absolute Gasteiger partial charge is 0.266 e. The van der Waals surface area contributed by atoms with Crippen LogP contribution in [-0.4, -0.2) is 30.4 Å². The average molecular weight is 531 g/mol. The SMILES string of the molecule is COc1ccc(/C=N/OCC(=O)Nc2c(C#N)c(-c3ccccc3)c(-c3ccccc3)n2Cc2ccco2)cc1. The number of nitrogens with one attached hydrogen (secondary N) is 1. The molecule has 2 heterocycles. The second kappa shape index (κ2) is 12.3. The molecule has 1 N–H and O–H groups in total. The molecule has 0 spiro atoms. The zero-order valence-corrected chi connectivity index (χ0v) is 21.8. The monoisotopic (exact) mass is 530 g/mol. The van der Waals surface area contributed by atoms with E-state index in [4.69, 9.17) is 14.0 Å². The molecule has 0 aliphatic heterocycles. The molecular weight excluding hydrogens is 504 g/mol. The summed E-state index contributed by atoms with van der Waals surface area (Å²) in [5, 5.41) is 17.2. The summed E-state index contributed by atoms with van der Waals surface area (Å²) in [5.41, 5.74) is 4.38. The Morgan fingerprint density at radius 1 is 0.975 bits per heavy atom. The number of anilines is 1. The number of hydrogen-bond acceptors (Lipinski definition) is 6. The van der Waals surface area contributed by atoms with Crippen LogP contribution in [0.15, 0.2) is 113 Å². The van der Waals surface area contributed by atoms with Crippen molar-refractivity contribution in [1.29, 1.82) is 5.26 Å². The third-order valence-electron chi connectivity index (χ3n) is 6.22. The van der Waals surface area contributed by atoms with Gasteiger partial charge in [-0.1, -0.05) is 65.8 Å². The fourth-order valence-corrected chi connectivity index (χ4v) is 4.41. The van der Waals surface area contributed by atoms with E-state index < -0.39 is 5.91 Å². The molecule has 0 saturated heterocycles. The molecule has 40 heavy (non-hydrogen) atoms. The number of aromatic nitrogens is 1. The molecule has 0 saturated carbocycles. The van der Waals surface area contributed by atoms with Crippen LogP contribution in [0.2, 0.25) is 0 Å². The van der Waals surface area contributed by atoms with Gasteiger partial charge in [-0.05, 0) is 53.1 Å². The van der Waals surface area contributed by atoms with Gasteiger partial charge in [-0.3, -0.25) is 4.79 Å². The number of oxime groups is 1. The predicted octanol–water partition coefficient (Wildman–Crippen LogP) is 6.33. The number of carbonyl (C=O) groups excluding carboxylic acids is 1. The third kappa shape index (κ3) is 5.79. The van der Waals surface area contributed by atoms with Crippen molar-refractivity contribution in [2.75, 3.05) is 19.0 Å². The lowest BCUT2D eigenvalue weighted by atomic mass is 9.98. The number of nitrogens with zero attached hydrogens (tertiary/aromatic N) is 3. The molecule has 0 bridgehead atoms. The summed E-state index contributed by atoms with van der Waals surface area (Å²) in [6.07, 6.45) is 3.10. The fraction of sp³-hybridized carbons (Fsp3) is 0.0938. The number of nitriles is 1. The molecule has 0 fully saturated rings. The number of furan rings is 1. The highest BCUT2D eigenvalue weighted by molar-refractivity contribution is 5.98. The Bertz CT molecular complexity index is 1630. The van der Waals surface area contributed by atoms with Crippen LogP contribution in [0.25, 0.3) is 22.4 Å². The van der Waals surface area contributed by atoms with E-state index in [2.05, 4.69) is 16.5 Å². The largest absolute Gasteiger partial charge is 0.497 e. The number of ether oxygens (including phenoxy) is 1.